The molecule has 0 aliphatic carbocycles. The highest BCUT2D eigenvalue weighted by Crippen LogP contribution is 2.33. The van der Waals surface area contributed by atoms with Crippen LogP contribution in [-0.4, -0.2) is 43.7 Å². The molecule has 0 bridgehead atoms. The molecule has 1 aromatic rings. The van der Waals surface area contributed by atoms with E-state index >= 15 is 0 Å². The van der Waals surface area contributed by atoms with Crippen LogP contribution >= 0.6 is 0 Å². The van der Waals surface area contributed by atoms with Crippen molar-refractivity contribution in [2.24, 2.45) is 17.3 Å². The molecule has 3 unspecified atom stereocenters. The fourth-order valence-corrected chi connectivity index (χ4v) is 4.04. The smallest absolute Gasteiger partial charge is 0.255 e. The topological polar surface area (TPSA) is 76.7 Å². The van der Waals surface area contributed by atoms with Crippen LogP contribution in [0.1, 0.15) is 64.7 Å². The summed E-state index contributed by atoms with van der Waals surface area (Å²) in [5.41, 5.74) is 0.455. The van der Waals surface area contributed by atoms with Crippen LogP contribution in [0, 0.1) is 17.3 Å². The normalized spacial score (nSPS) is 20.5. The lowest BCUT2D eigenvalue weighted by Gasteiger charge is -2.40. The molecule has 2 amide bonds. The molecule has 30 heavy (non-hydrogen) atoms. The Morgan fingerprint density at radius 2 is 1.93 bits per heavy atom. The van der Waals surface area contributed by atoms with E-state index in [0.717, 1.165) is 19.4 Å². The molecule has 2 rings (SSSR count). The Labute approximate surface area is 181 Å². The van der Waals surface area contributed by atoms with Crippen molar-refractivity contribution in [3.8, 4) is 5.75 Å². The Kier molecular flexibility index (Phi) is 8.71. The summed E-state index contributed by atoms with van der Waals surface area (Å²) in [6, 6.07) is 6.47. The lowest BCUT2D eigenvalue weighted by atomic mass is 9.78. The van der Waals surface area contributed by atoms with Crippen molar-refractivity contribution in [1.29, 1.82) is 0 Å². The summed E-state index contributed by atoms with van der Waals surface area (Å²) in [5.74, 6) is 0.277. The van der Waals surface area contributed by atoms with Gasteiger partial charge in [-0.05, 0) is 43.2 Å². The summed E-state index contributed by atoms with van der Waals surface area (Å²) in [4.78, 5) is 25.8. The molecule has 3 atom stereocenters. The molecule has 6 nitrogen and oxygen atoms in total. The zero-order valence-electron chi connectivity index (χ0n) is 19.3. The first-order chi connectivity index (χ1) is 14.1. The Morgan fingerprint density at radius 3 is 2.57 bits per heavy atom. The van der Waals surface area contributed by atoms with Crippen LogP contribution in [0.2, 0.25) is 0 Å². The van der Waals surface area contributed by atoms with Crippen molar-refractivity contribution in [1.82, 2.24) is 10.6 Å². The predicted octanol–water partition coefficient (Wildman–Crippen LogP) is 3.80. The van der Waals surface area contributed by atoms with Crippen molar-refractivity contribution in [3.63, 3.8) is 0 Å². The van der Waals surface area contributed by atoms with E-state index in [-0.39, 0.29) is 35.2 Å². The summed E-state index contributed by atoms with van der Waals surface area (Å²) < 4.78 is 11.6. The van der Waals surface area contributed by atoms with E-state index in [2.05, 4.69) is 31.4 Å². The molecule has 0 radical (unpaired) electrons. The first kappa shape index (κ1) is 24.2. The van der Waals surface area contributed by atoms with Crippen molar-refractivity contribution in [2.45, 2.75) is 66.5 Å². The van der Waals surface area contributed by atoms with E-state index < -0.39 is 6.04 Å². The number of hydrogen-bond acceptors (Lipinski definition) is 4. The number of carbonyl (C=O) groups is 2. The summed E-state index contributed by atoms with van der Waals surface area (Å²) >= 11 is 0. The molecule has 1 aliphatic heterocycles. The number of hydrogen-bond donors (Lipinski definition) is 2. The molecule has 6 heteroatoms. The first-order valence-corrected chi connectivity index (χ1v) is 11.1. The number of carbonyl (C=O) groups excluding carboxylic acids is 2. The molecule has 1 aliphatic rings. The van der Waals surface area contributed by atoms with Crippen LogP contribution in [0.15, 0.2) is 24.3 Å². The second-order valence-corrected chi connectivity index (χ2v) is 9.43. The van der Waals surface area contributed by atoms with Gasteiger partial charge < -0.3 is 20.1 Å². The van der Waals surface area contributed by atoms with Gasteiger partial charge in [-0.1, -0.05) is 46.8 Å². The van der Waals surface area contributed by atoms with Gasteiger partial charge in [0, 0.05) is 19.1 Å². The van der Waals surface area contributed by atoms with Crippen molar-refractivity contribution >= 4 is 11.8 Å². The first-order valence-electron chi connectivity index (χ1n) is 11.1. The average molecular weight is 419 g/mol. The van der Waals surface area contributed by atoms with E-state index in [0.29, 0.717) is 24.5 Å². The van der Waals surface area contributed by atoms with Crippen LogP contribution in [0.3, 0.4) is 0 Å². The van der Waals surface area contributed by atoms with Crippen LogP contribution in [0.25, 0.3) is 0 Å². The van der Waals surface area contributed by atoms with Gasteiger partial charge in [-0.15, -0.1) is 0 Å². The highest BCUT2D eigenvalue weighted by atomic mass is 16.5. The second kappa shape index (κ2) is 10.8. The zero-order valence-corrected chi connectivity index (χ0v) is 19.3. The Hall–Kier alpha value is -2.08. The van der Waals surface area contributed by atoms with Gasteiger partial charge in [0.15, 0.2) is 0 Å². The van der Waals surface area contributed by atoms with Gasteiger partial charge in [0.25, 0.3) is 5.91 Å². The minimum atomic E-state index is -0.621. The number of amides is 2. The highest BCUT2D eigenvalue weighted by Gasteiger charge is 2.36. The van der Waals surface area contributed by atoms with Crippen molar-refractivity contribution in [3.05, 3.63) is 29.8 Å². The summed E-state index contributed by atoms with van der Waals surface area (Å²) in [6.45, 7) is 14.0. The fourth-order valence-electron chi connectivity index (χ4n) is 4.04. The van der Waals surface area contributed by atoms with E-state index in [9.17, 15) is 9.59 Å². The molecule has 0 aromatic heterocycles. The lowest BCUT2D eigenvalue weighted by Crippen LogP contribution is -2.52. The van der Waals surface area contributed by atoms with Gasteiger partial charge in [-0.2, -0.15) is 0 Å². The third kappa shape index (κ3) is 6.46. The second-order valence-electron chi connectivity index (χ2n) is 9.43. The molecule has 2 N–H and O–H groups in total. The molecule has 168 valence electrons. The maximum atomic E-state index is 13.0. The number of benzene rings is 1. The molecule has 0 spiro atoms. The molecule has 1 saturated heterocycles. The quantitative estimate of drug-likeness (QED) is 0.673. The zero-order chi connectivity index (χ0) is 22.3. The van der Waals surface area contributed by atoms with Gasteiger partial charge >= 0.3 is 0 Å². The fraction of sp³-hybridized carbons (Fsp3) is 0.667. The van der Waals surface area contributed by atoms with E-state index in [1.54, 1.807) is 18.2 Å². The average Bonchev–Trinajstić information content (AvgIpc) is 2.70. The number of ether oxygens (including phenoxy) is 2. The predicted molar refractivity (Wildman–Crippen MR) is 119 cm³/mol. The summed E-state index contributed by atoms with van der Waals surface area (Å²) in [7, 11) is 0. The van der Waals surface area contributed by atoms with Crippen LogP contribution in [0.4, 0.5) is 0 Å². The van der Waals surface area contributed by atoms with Gasteiger partial charge in [0.05, 0.1) is 18.3 Å². The molecule has 0 saturated carbocycles. The summed E-state index contributed by atoms with van der Waals surface area (Å²) in [5, 5.41) is 5.97. The number of nitrogens with one attached hydrogen (secondary N) is 2. The van der Waals surface area contributed by atoms with Crippen LogP contribution in [0.5, 0.6) is 5.75 Å². The minimum Gasteiger partial charge on any atom is -0.493 e. The number of rotatable bonds is 8. The van der Waals surface area contributed by atoms with Crippen molar-refractivity contribution < 1.29 is 19.1 Å². The summed E-state index contributed by atoms with van der Waals surface area (Å²) in [6.07, 6.45) is 2.14. The van der Waals surface area contributed by atoms with Gasteiger partial charge in [0.2, 0.25) is 5.91 Å². The molecular weight excluding hydrogens is 380 g/mol. The van der Waals surface area contributed by atoms with E-state index in [4.69, 9.17) is 9.47 Å². The molecular formula is C24H38N2O4. The largest absolute Gasteiger partial charge is 0.493 e. The Morgan fingerprint density at radius 1 is 1.23 bits per heavy atom. The lowest BCUT2D eigenvalue weighted by molar-refractivity contribution is -0.125. The van der Waals surface area contributed by atoms with Gasteiger partial charge in [0.1, 0.15) is 11.8 Å². The SMILES string of the molecule is CCOc1ccccc1C(=O)NC(C(=O)NCC1CCCOC1C(C)(C)C)C(C)C. The highest BCUT2D eigenvalue weighted by molar-refractivity contribution is 5.99. The van der Waals surface area contributed by atoms with E-state index in [1.807, 2.05) is 26.8 Å². The van der Waals surface area contributed by atoms with Gasteiger partial charge in [-0.25, -0.2) is 0 Å². The van der Waals surface area contributed by atoms with Crippen LogP contribution in [-0.2, 0) is 9.53 Å². The minimum absolute atomic E-state index is 0.0183. The van der Waals surface area contributed by atoms with E-state index in [1.165, 1.54) is 0 Å². The number of para-hydroxylation sites is 1. The monoisotopic (exact) mass is 418 g/mol. The van der Waals surface area contributed by atoms with Crippen LogP contribution < -0.4 is 15.4 Å². The molecule has 1 heterocycles. The van der Waals surface area contributed by atoms with Gasteiger partial charge in [-0.3, -0.25) is 9.59 Å². The maximum absolute atomic E-state index is 13.0. The standard InChI is InChI=1S/C24H38N2O4/c1-7-29-19-13-9-8-12-18(19)22(27)26-20(16(2)3)23(28)25-15-17-11-10-14-30-21(17)24(4,5)6/h8-9,12-13,16-17,20-21H,7,10-11,14-15H2,1-6H3,(H,25,28)(H,26,27). The third-order valence-electron chi connectivity index (χ3n) is 5.50. The molecule has 1 fully saturated rings. The van der Waals surface area contributed by atoms with Crippen molar-refractivity contribution in [2.75, 3.05) is 19.8 Å². The Balaban J connectivity index is 2.04. The maximum Gasteiger partial charge on any atom is 0.255 e. The third-order valence-corrected chi connectivity index (χ3v) is 5.50. The Bertz CT molecular complexity index is 711. The molecule has 1 aromatic carbocycles.